The van der Waals surface area contributed by atoms with Crippen molar-refractivity contribution in [1.82, 2.24) is 10.2 Å². The maximum atomic E-state index is 13.5. The average Bonchev–Trinajstić information content (AvgIpc) is 3.19. The molecule has 2 aromatic rings. The first kappa shape index (κ1) is 24.8. The van der Waals surface area contributed by atoms with Crippen LogP contribution in [-0.2, 0) is 14.3 Å². The molecule has 0 bridgehead atoms. The number of hydrogen-bond donors (Lipinski definition) is 2. The number of aliphatic carboxylic acids is 1. The number of nitrogens with one attached hydrogen (secondary N) is 1. The fraction of sp³-hybridized carbons (Fsp3) is 0.464. The van der Waals surface area contributed by atoms with Gasteiger partial charge >= 0.3 is 12.1 Å². The first-order chi connectivity index (χ1) is 16.8. The van der Waals surface area contributed by atoms with Crippen LogP contribution in [0.5, 0.6) is 0 Å². The molecule has 1 aliphatic heterocycles. The predicted octanol–water partition coefficient (Wildman–Crippen LogP) is 4.65. The van der Waals surface area contributed by atoms with Gasteiger partial charge in [-0.15, -0.1) is 0 Å². The fourth-order valence-corrected chi connectivity index (χ4v) is 5.41. The first-order valence-corrected chi connectivity index (χ1v) is 12.5. The summed E-state index contributed by atoms with van der Waals surface area (Å²) in [6.45, 7) is 6.31. The molecular weight excluding hydrogens is 444 g/mol. The number of amides is 2. The van der Waals surface area contributed by atoms with Crippen molar-refractivity contribution in [2.45, 2.75) is 58.0 Å². The summed E-state index contributed by atoms with van der Waals surface area (Å²) in [6, 6.07) is 15.1. The normalized spacial score (nSPS) is 20.9. The minimum absolute atomic E-state index is 0.0654. The molecule has 1 aliphatic carbocycles. The highest BCUT2D eigenvalue weighted by molar-refractivity contribution is 5.87. The van der Waals surface area contributed by atoms with Gasteiger partial charge in [0.15, 0.2) is 0 Å². The van der Waals surface area contributed by atoms with E-state index >= 15 is 0 Å². The minimum atomic E-state index is -0.889. The zero-order valence-electron chi connectivity index (χ0n) is 20.6. The van der Waals surface area contributed by atoms with Crippen molar-refractivity contribution in [3.63, 3.8) is 0 Å². The lowest BCUT2D eigenvalue weighted by Crippen LogP contribution is -2.57. The summed E-state index contributed by atoms with van der Waals surface area (Å²) in [5, 5.41) is 12.3. The van der Waals surface area contributed by atoms with Crippen molar-refractivity contribution in [1.29, 1.82) is 0 Å². The molecular formula is C28H34N2O5. The molecule has 7 nitrogen and oxygen atoms in total. The molecule has 186 valence electrons. The lowest BCUT2D eigenvalue weighted by molar-refractivity contribution is -0.150. The van der Waals surface area contributed by atoms with Crippen molar-refractivity contribution in [2.24, 2.45) is 11.8 Å². The van der Waals surface area contributed by atoms with E-state index in [4.69, 9.17) is 4.74 Å². The van der Waals surface area contributed by atoms with Crippen molar-refractivity contribution >= 4 is 18.0 Å². The zero-order chi connectivity index (χ0) is 25.1. The van der Waals surface area contributed by atoms with Gasteiger partial charge in [-0.05, 0) is 47.9 Å². The number of carboxylic acids is 1. The van der Waals surface area contributed by atoms with Crippen molar-refractivity contribution < 1.29 is 24.2 Å². The Labute approximate surface area is 206 Å². The third-order valence-corrected chi connectivity index (χ3v) is 7.68. The number of carbonyl (C=O) groups excluding carboxylic acids is 2. The van der Waals surface area contributed by atoms with E-state index in [0.717, 1.165) is 22.3 Å². The number of rotatable bonds is 7. The molecule has 1 saturated heterocycles. The molecule has 0 aromatic heterocycles. The topological polar surface area (TPSA) is 95.9 Å². The SMILES string of the molecule is CCC(C)[C@H](NC(=O)OCC1c2ccccc2-c2ccccc21)C(=O)N1CCC[C@H](C(=O)O)[C@@H]1C. The summed E-state index contributed by atoms with van der Waals surface area (Å²) in [4.78, 5) is 39.6. The number of benzene rings is 2. The lowest BCUT2D eigenvalue weighted by Gasteiger charge is -2.40. The Morgan fingerprint density at radius 1 is 1.09 bits per heavy atom. The molecule has 4 atom stereocenters. The van der Waals surface area contributed by atoms with Gasteiger partial charge in [-0.1, -0.05) is 68.8 Å². The van der Waals surface area contributed by atoms with E-state index < -0.39 is 30.1 Å². The summed E-state index contributed by atoms with van der Waals surface area (Å²) < 4.78 is 5.67. The van der Waals surface area contributed by atoms with Gasteiger partial charge in [0.2, 0.25) is 5.91 Å². The number of ether oxygens (including phenoxy) is 1. The number of piperidine rings is 1. The molecule has 35 heavy (non-hydrogen) atoms. The smallest absolute Gasteiger partial charge is 0.407 e. The number of alkyl carbamates (subject to hydrolysis) is 1. The molecule has 0 spiro atoms. The average molecular weight is 479 g/mol. The highest BCUT2D eigenvalue weighted by Crippen LogP contribution is 2.44. The molecule has 1 fully saturated rings. The van der Waals surface area contributed by atoms with Gasteiger partial charge in [0, 0.05) is 18.5 Å². The Balaban J connectivity index is 1.45. The van der Waals surface area contributed by atoms with Crippen LogP contribution in [0.3, 0.4) is 0 Å². The number of hydrogen-bond acceptors (Lipinski definition) is 4. The van der Waals surface area contributed by atoms with Gasteiger partial charge in [-0.2, -0.15) is 0 Å². The van der Waals surface area contributed by atoms with Gasteiger partial charge in [-0.25, -0.2) is 4.79 Å². The molecule has 0 radical (unpaired) electrons. The van der Waals surface area contributed by atoms with Crippen LogP contribution >= 0.6 is 0 Å². The maximum Gasteiger partial charge on any atom is 0.407 e. The van der Waals surface area contributed by atoms with Gasteiger partial charge in [0.1, 0.15) is 12.6 Å². The van der Waals surface area contributed by atoms with Gasteiger partial charge in [0.25, 0.3) is 0 Å². The second-order valence-corrected chi connectivity index (χ2v) is 9.69. The third kappa shape index (κ3) is 4.90. The third-order valence-electron chi connectivity index (χ3n) is 7.68. The monoisotopic (exact) mass is 478 g/mol. The maximum absolute atomic E-state index is 13.5. The Kier molecular flexibility index (Phi) is 7.43. The highest BCUT2D eigenvalue weighted by Gasteiger charge is 2.39. The Morgan fingerprint density at radius 3 is 2.26 bits per heavy atom. The second-order valence-electron chi connectivity index (χ2n) is 9.69. The minimum Gasteiger partial charge on any atom is -0.481 e. The lowest BCUT2D eigenvalue weighted by atomic mass is 9.88. The van der Waals surface area contributed by atoms with Crippen LogP contribution in [0.2, 0.25) is 0 Å². The Bertz CT molecular complexity index is 1050. The van der Waals surface area contributed by atoms with Gasteiger partial charge in [0.05, 0.1) is 5.92 Å². The van der Waals surface area contributed by atoms with E-state index in [0.29, 0.717) is 25.8 Å². The Morgan fingerprint density at radius 2 is 1.69 bits per heavy atom. The van der Waals surface area contributed by atoms with E-state index in [1.807, 2.05) is 38.1 Å². The van der Waals surface area contributed by atoms with Crippen LogP contribution < -0.4 is 5.32 Å². The quantitative estimate of drug-likeness (QED) is 0.604. The predicted molar refractivity (Wildman–Crippen MR) is 133 cm³/mol. The Hall–Kier alpha value is -3.35. The van der Waals surface area contributed by atoms with Gasteiger partial charge < -0.3 is 20.1 Å². The first-order valence-electron chi connectivity index (χ1n) is 12.5. The number of likely N-dealkylation sites (tertiary alicyclic amines) is 1. The highest BCUT2D eigenvalue weighted by atomic mass is 16.5. The number of nitrogens with zero attached hydrogens (tertiary/aromatic N) is 1. The van der Waals surface area contributed by atoms with Gasteiger partial charge in [-0.3, -0.25) is 9.59 Å². The number of carbonyl (C=O) groups is 3. The summed E-state index contributed by atoms with van der Waals surface area (Å²) in [6.07, 6.45) is 1.23. The van der Waals surface area contributed by atoms with Crippen LogP contribution in [0.15, 0.2) is 48.5 Å². The van der Waals surface area contributed by atoms with Crippen molar-refractivity contribution in [3.05, 3.63) is 59.7 Å². The van der Waals surface area contributed by atoms with Crippen LogP contribution in [0.25, 0.3) is 11.1 Å². The van der Waals surface area contributed by atoms with E-state index in [9.17, 15) is 19.5 Å². The molecule has 4 rings (SSSR count). The van der Waals surface area contributed by atoms with E-state index in [2.05, 4.69) is 29.6 Å². The van der Waals surface area contributed by atoms with Crippen molar-refractivity contribution in [3.8, 4) is 11.1 Å². The zero-order valence-corrected chi connectivity index (χ0v) is 20.6. The molecule has 2 aliphatic rings. The molecule has 2 aromatic carbocycles. The standard InChI is InChI=1S/C28H34N2O5/c1-4-17(2)25(26(31)30-15-9-14-19(18(30)3)27(32)33)29-28(34)35-16-24-22-12-7-5-10-20(22)21-11-6-8-13-23(21)24/h5-8,10-13,17-19,24-25H,4,9,14-16H2,1-3H3,(H,29,34)(H,32,33)/t17?,18-,19-,25-/m0/s1. The van der Waals surface area contributed by atoms with Crippen LogP contribution in [-0.4, -0.2) is 53.2 Å². The fourth-order valence-electron chi connectivity index (χ4n) is 5.41. The summed E-state index contributed by atoms with van der Waals surface area (Å²) in [7, 11) is 0. The molecule has 1 heterocycles. The number of fused-ring (bicyclic) bond motifs is 3. The largest absolute Gasteiger partial charge is 0.481 e. The summed E-state index contributed by atoms with van der Waals surface area (Å²) in [5.74, 6) is -1.92. The van der Waals surface area contributed by atoms with E-state index in [1.54, 1.807) is 11.8 Å². The molecule has 0 saturated carbocycles. The molecule has 2 N–H and O–H groups in total. The number of carboxylic acid groups (broad SMARTS) is 1. The summed E-state index contributed by atoms with van der Waals surface area (Å²) in [5.41, 5.74) is 4.55. The van der Waals surface area contributed by atoms with E-state index in [-0.39, 0.29) is 24.3 Å². The summed E-state index contributed by atoms with van der Waals surface area (Å²) >= 11 is 0. The van der Waals surface area contributed by atoms with Crippen molar-refractivity contribution in [2.75, 3.05) is 13.2 Å². The molecule has 2 amide bonds. The molecule has 1 unspecified atom stereocenters. The van der Waals surface area contributed by atoms with Crippen LogP contribution in [0.1, 0.15) is 57.1 Å². The molecule has 7 heteroatoms. The van der Waals surface area contributed by atoms with E-state index in [1.165, 1.54) is 0 Å². The van der Waals surface area contributed by atoms with Crippen LogP contribution in [0, 0.1) is 11.8 Å². The van der Waals surface area contributed by atoms with Crippen LogP contribution in [0.4, 0.5) is 4.79 Å². The second kappa shape index (κ2) is 10.5.